The van der Waals surface area contributed by atoms with Crippen LogP contribution in [0.1, 0.15) is 47.0 Å². The first-order valence-electron chi connectivity index (χ1n) is 6.99. The van der Waals surface area contributed by atoms with Crippen molar-refractivity contribution in [2.45, 2.75) is 59.0 Å². The van der Waals surface area contributed by atoms with Crippen LogP contribution in [0.15, 0.2) is 0 Å². The summed E-state index contributed by atoms with van der Waals surface area (Å²) in [7, 11) is 0. The van der Waals surface area contributed by atoms with E-state index < -0.39 is 0 Å². The van der Waals surface area contributed by atoms with Gasteiger partial charge in [0.25, 0.3) is 0 Å². The second-order valence-corrected chi connectivity index (χ2v) is 6.65. The van der Waals surface area contributed by atoms with Crippen LogP contribution in [0.4, 0.5) is 0 Å². The molecule has 0 aromatic rings. The van der Waals surface area contributed by atoms with E-state index in [1.807, 2.05) is 0 Å². The average Bonchev–Trinajstić information content (AvgIpc) is 2.58. The predicted octanol–water partition coefficient (Wildman–Crippen LogP) is 2.49. The molecule has 2 nitrogen and oxygen atoms in total. The van der Waals surface area contributed by atoms with Crippen molar-refractivity contribution >= 4 is 0 Å². The van der Waals surface area contributed by atoms with Crippen LogP contribution in [-0.2, 0) is 0 Å². The lowest BCUT2D eigenvalue weighted by Gasteiger charge is -2.46. The smallest absolute Gasteiger partial charge is 0.0247 e. The molecule has 2 atom stereocenters. The molecule has 0 aromatic carbocycles. The maximum atomic E-state index is 3.56. The molecular formula is C14H28N2. The fraction of sp³-hybridized carbons (Fsp3) is 1.00. The molecule has 16 heavy (non-hydrogen) atoms. The highest BCUT2D eigenvalue weighted by atomic mass is 15.3. The lowest BCUT2D eigenvalue weighted by atomic mass is 9.84. The van der Waals surface area contributed by atoms with Gasteiger partial charge in [-0.2, -0.15) is 0 Å². The molecule has 2 heteroatoms. The molecule has 0 radical (unpaired) electrons. The van der Waals surface area contributed by atoms with Crippen LogP contribution in [0.3, 0.4) is 0 Å². The summed E-state index contributed by atoms with van der Waals surface area (Å²) >= 11 is 0. The number of piperazine rings is 1. The Morgan fingerprint density at radius 2 is 2.06 bits per heavy atom. The first-order chi connectivity index (χ1) is 7.52. The van der Waals surface area contributed by atoms with Gasteiger partial charge in [0.05, 0.1) is 0 Å². The molecule has 1 N–H and O–H groups in total. The standard InChI is InChI=1S/C14H28N2/c1-11(2)12-10-15-8-9-16(12)13-6-5-7-14(13,3)4/h11-13,15H,5-10H2,1-4H3. The molecule has 2 aliphatic rings. The Morgan fingerprint density at radius 1 is 1.31 bits per heavy atom. The second kappa shape index (κ2) is 4.66. The Hall–Kier alpha value is -0.0800. The molecule has 0 bridgehead atoms. The quantitative estimate of drug-likeness (QED) is 0.775. The van der Waals surface area contributed by atoms with Gasteiger partial charge in [-0.05, 0) is 24.2 Å². The molecule has 0 aromatic heterocycles. The van der Waals surface area contributed by atoms with E-state index in [2.05, 4.69) is 37.9 Å². The van der Waals surface area contributed by atoms with Crippen molar-refractivity contribution in [2.75, 3.05) is 19.6 Å². The third kappa shape index (κ3) is 2.28. The van der Waals surface area contributed by atoms with Crippen LogP contribution < -0.4 is 5.32 Å². The maximum absolute atomic E-state index is 3.56. The van der Waals surface area contributed by atoms with E-state index in [9.17, 15) is 0 Å². The number of hydrogen-bond acceptors (Lipinski definition) is 2. The van der Waals surface area contributed by atoms with Crippen LogP contribution in [0, 0.1) is 11.3 Å². The molecule has 2 fully saturated rings. The van der Waals surface area contributed by atoms with Gasteiger partial charge < -0.3 is 5.32 Å². The molecule has 2 unspecified atom stereocenters. The van der Waals surface area contributed by atoms with Crippen LogP contribution >= 0.6 is 0 Å². The Bertz CT molecular complexity index is 235. The molecule has 94 valence electrons. The zero-order valence-electron chi connectivity index (χ0n) is 11.4. The fourth-order valence-corrected chi connectivity index (χ4v) is 3.67. The molecule has 1 aliphatic carbocycles. The third-order valence-corrected chi connectivity index (χ3v) is 4.70. The van der Waals surface area contributed by atoms with Crippen molar-refractivity contribution in [1.29, 1.82) is 0 Å². The van der Waals surface area contributed by atoms with E-state index in [0.717, 1.165) is 18.0 Å². The van der Waals surface area contributed by atoms with Gasteiger partial charge in [0.2, 0.25) is 0 Å². The largest absolute Gasteiger partial charge is 0.314 e. The van der Waals surface area contributed by atoms with Gasteiger partial charge in [-0.3, -0.25) is 4.90 Å². The highest BCUT2D eigenvalue weighted by Crippen LogP contribution is 2.41. The highest BCUT2D eigenvalue weighted by Gasteiger charge is 2.41. The van der Waals surface area contributed by atoms with Crippen molar-refractivity contribution in [3.63, 3.8) is 0 Å². The summed E-state index contributed by atoms with van der Waals surface area (Å²) in [6.45, 7) is 13.3. The summed E-state index contributed by atoms with van der Waals surface area (Å²) in [4.78, 5) is 2.81. The van der Waals surface area contributed by atoms with Gasteiger partial charge >= 0.3 is 0 Å². The summed E-state index contributed by atoms with van der Waals surface area (Å²) in [5.74, 6) is 0.768. The molecule has 0 amide bonds. The van der Waals surface area contributed by atoms with Crippen molar-refractivity contribution < 1.29 is 0 Å². The van der Waals surface area contributed by atoms with E-state index in [1.54, 1.807) is 0 Å². The van der Waals surface area contributed by atoms with E-state index in [4.69, 9.17) is 0 Å². The lowest BCUT2D eigenvalue weighted by Crippen LogP contribution is -2.59. The molecule has 1 heterocycles. The molecule has 0 spiro atoms. The predicted molar refractivity (Wildman–Crippen MR) is 69.6 cm³/mol. The lowest BCUT2D eigenvalue weighted by molar-refractivity contribution is 0.0321. The topological polar surface area (TPSA) is 15.3 Å². The van der Waals surface area contributed by atoms with E-state index in [0.29, 0.717) is 5.41 Å². The Labute approximate surface area is 101 Å². The summed E-state index contributed by atoms with van der Waals surface area (Å²) in [6, 6.07) is 1.57. The van der Waals surface area contributed by atoms with Gasteiger partial charge in [-0.1, -0.05) is 34.1 Å². The third-order valence-electron chi connectivity index (χ3n) is 4.70. The van der Waals surface area contributed by atoms with E-state index in [1.165, 1.54) is 38.9 Å². The van der Waals surface area contributed by atoms with E-state index >= 15 is 0 Å². The zero-order chi connectivity index (χ0) is 11.8. The Balaban J connectivity index is 2.11. The van der Waals surface area contributed by atoms with Crippen molar-refractivity contribution in [1.82, 2.24) is 10.2 Å². The summed E-state index contributed by atoms with van der Waals surface area (Å²) in [5.41, 5.74) is 0.532. The van der Waals surface area contributed by atoms with Crippen LogP contribution in [0.2, 0.25) is 0 Å². The van der Waals surface area contributed by atoms with Gasteiger partial charge in [0.1, 0.15) is 0 Å². The molecule has 2 rings (SSSR count). The highest BCUT2D eigenvalue weighted by molar-refractivity contribution is 4.96. The SMILES string of the molecule is CC(C)C1CNCCN1C1CCCC1(C)C. The maximum Gasteiger partial charge on any atom is 0.0247 e. The van der Waals surface area contributed by atoms with E-state index in [-0.39, 0.29) is 0 Å². The van der Waals surface area contributed by atoms with Crippen molar-refractivity contribution in [3.05, 3.63) is 0 Å². The van der Waals surface area contributed by atoms with Crippen molar-refractivity contribution in [3.8, 4) is 0 Å². The molecule has 1 aliphatic heterocycles. The van der Waals surface area contributed by atoms with Crippen LogP contribution in [0.25, 0.3) is 0 Å². The zero-order valence-corrected chi connectivity index (χ0v) is 11.4. The summed E-state index contributed by atoms with van der Waals surface area (Å²) < 4.78 is 0. The first kappa shape index (κ1) is 12.4. The summed E-state index contributed by atoms with van der Waals surface area (Å²) in [6.07, 6.45) is 4.25. The molecule has 1 saturated heterocycles. The number of nitrogens with one attached hydrogen (secondary N) is 1. The van der Waals surface area contributed by atoms with Gasteiger partial charge in [-0.15, -0.1) is 0 Å². The normalized spacial score (nSPS) is 35.8. The Morgan fingerprint density at radius 3 is 2.62 bits per heavy atom. The number of hydrogen-bond donors (Lipinski definition) is 1. The van der Waals surface area contributed by atoms with Gasteiger partial charge in [-0.25, -0.2) is 0 Å². The number of nitrogens with zero attached hydrogens (tertiary/aromatic N) is 1. The summed E-state index contributed by atoms with van der Waals surface area (Å²) in [5, 5.41) is 3.56. The van der Waals surface area contributed by atoms with Crippen molar-refractivity contribution in [2.24, 2.45) is 11.3 Å². The average molecular weight is 224 g/mol. The number of rotatable bonds is 2. The fourth-order valence-electron chi connectivity index (χ4n) is 3.67. The minimum atomic E-state index is 0.532. The van der Waals surface area contributed by atoms with Gasteiger partial charge in [0, 0.05) is 31.7 Å². The minimum absolute atomic E-state index is 0.532. The molecular weight excluding hydrogens is 196 g/mol. The van der Waals surface area contributed by atoms with Crippen LogP contribution in [0.5, 0.6) is 0 Å². The van der Waals surface area contributed by atoms with Gasteiger partial charge in [0.15, 0.2) is 0 Å². The first-order valence-corrected chi connectivity index (χ1v) is 6.99. The minimum Gasteiger partial charge on any atom is -0.314 e. The monoisotopic (exact) mass is 224 g/mol. The molecule has 1 saturated carbocycles. The Kier molecular flexibility index (Phi) is 3.60. The van der Waals surface area contributed by atoms with Crippen LogP contribution in [-0.4, -0.2) is 36.6 Å². The second-order valence-electron chi connectivity index (χ2n) is 6.65.